The van der Waals surface area contributed by atoms with Crippen molar-refractivity contribution in [3.05, 3.63) is 231 Å². The van der Waals surface area contributed by atoms with E-state index in [9.17, 15) is 0 Å². The average molecular weight is 715 g/mol. The first-order valence-electron chi connectivity index (χ1n) is 19.2. The van der Waals surface area contributed by atoms with Crippen molar-refractivity contribution >= 4 is 38.9 Å². The maximum absolute atomic E-state index is 2.45. The second-order valence-corrected chi connectivity index (χ2v) is 14.1. The second-order valence-electron chi connectivity index (χ2n) is 14.1. The minimum absolute atomic E-state index is 1.10. The standard InChI is InChI=1S/C54H38N2/c1-4-20-39(21-5-1)44-28-10-11-30-46(44)41-24-18-27-43(38-41)56-51-35-17-15-33-49(51)54-52(36-19-37-53(54)56)55(42-25-8-3-9-26-42)50-34-16-14-32-48(50)47-31-13-12-29-45(47)40-22-6-2-7-23-40/h1-38H. The molecule has 1 aromatic heterocycles. The van der Waals surface area contributed by atoms with Gasteiger partial charge in [-0.25, -0.2) is 0 Å². The zero-order valence-corrected chi connectivity index (χ0v) is 30.8. The van der Waals surface area contributed by atoms with E-state index in [1.165, 1.54) is 60.8 Å². The molecule has 264 valence electrons. The maximum Gasteiger partial charge on any atom is 0.0562 e. The van der Waals surface area contributed by atoms with Crippen LogP contribution >= 0.6 is 0 Å². The lowest BCUT2D eigenvalue weighted by Gasteiger charge is -2.29. The Hall–Kier alpha value is -7.42. The number of fused-ring (bicyclic) bond motifs is 3. The van der Waals surface area contributed by atoms with Gasteiger partial charge in [0.1, 0.15) is 0 Å². The molecule has 56 heavy (non-hydrogen) atoms. The molecule has 0 unspecified atom stereocenters. The summed E-state index contributed by atoms with van der Waals surface area (Å²) in [6.45, 7) is 0. The quantitative estimate of drug-likeness (QED) is 0.152. The summed E-state index contributed by atoms with van der Waals surface area (Å²) in [5.74, 6) is 0. The van der Waals surface area contributed by atoms with Gasteiger partial charge in [0.15, 0.2) is 0 Å². The normalized spacial score (nSPS) is 11.2. The molecule has 0 spiro atoms. The molecular formula is C54H38N2. The second kappa shape index (κ2) is 14.4. The van der Waals surface area contributed by atoms with Crippen molar-refractivity contribution in [2.75, 3.05) is 4.90 Å². The molecule has 0 aliphatic carbocycles. The highest BCUT2D eigenvalue weighted by Gasteiger charge is 2.24. The van der Waals surface area contributed by atoms with E-state index in [1.807, 2.05) is 0 Å². The first kappa shape index (κ1) is 33.2. The van der Waals surface area contributed by atoms with Gasteiger partial charge >= 0.3 is 0 Å². The highest BCUT2D eigenvalue weighted by molar-refractivity contribution is 6.17. The Morgan fingerprint density at radius 3 is 1.46 bits per heavy atom. The Bertz CT molecular complexity index is 2960. The van der Waals surface area contributed by atoms with E-state index in [4.69, 9.17) is 0 Å². The van der Waals surface area contributed by atoms with Crippen LogP contribution in [-0.2, 0) is 0 Å². The number of para-hydroxylation sites is 3. The van der Waals surface area contributed by atoms with Crippen LogP contribution in [0, 0.1) is 0 Å². The Morgan fingerprint density at radius 1 is 0.304 bits per heavy atom. The van der Waals surface area contributed by atoms with Crippen LogP contribution in [0.15, 0.2) is 231 Å². The zero-order valence-electron chi connectivity index (χ0n) is 30.8. The predicted molar refractivity (Wildman–Crippen MR) is 237 cm³/mol. The van der Waals surface area contributed by atoms with Crippen molar-refractivity contribution in [3.8, 4) is 50.2 Å². The first-order chi connectivity index (χ1) is 27.8. The lowest BCUT2D eigenvalue weighted by molar-refractivity contribution is 1.18. The van der Waals surface area contributed by atoms with Gasteiger partial charge < -0.3 is 9.47 Å². The summed E-state index contributed by atoms with van der Waals surface area (Å²) < 4.78 is 2.43. The Morgan fingerprint density at radius 2 is 0.768 bits per heavy atom. The fourth-order valence-electron chi connectivity index (χ4n) is 8.35. The summed E-state index contributed by atoms with van der Waals surface area (Å²) in [4.78, 5) is 2.45. The van der Waals surface area contributed by atoms with Gasteiger partial charge in [-0.2, -0.15) is 0 Å². The minimum atomic E-state index is 1.10. The Kier molecular flexibility index (Phi) is 8.55. The van der Waals surface area contributed by atoms with E-state index in [0.717, 1.165) is 28.3 Å². The maximum atomic E-state index is 2.45. The lowest BCUT2D eigenvalue weighted by Crippen LogP contribution is -2.11. The molecule has 1 heterocycles. The van der Waals surface area contributed by atoms with Gasteiger partial charge in [0, 0.05) is 27.7 Å². The lowest BCUT2D eigenvalue weighted by atomic mass is 9.93. The van der Waals surface area contributed by atoms with Gasteiger partial charge in [-0.05, 0) is 87.5 Å². The molecule has 9 aromatic carbocycles. The van der Waals surface area contributed by atoms with Crippen molar-refractivity contribution in [1.29, 1.82) is 0 Å². The van der Waals surface area contributed by atoms with Crippen LogP contribution in [0.2, 0.25) is 0 Å². The highest BCUT2D eigenvalue weighted by Crippen LogP contribution is 2.47. The smallest absolute Gasteiger partial charge is 0.0562 e. The zero-order chi connectivity index (χ0) is 37.3. The molecule has 0 aliphatic rings. The van der Waals surface area contributed by atoms with Crippen LogP contribution < -0.4 is 4.90 Å². The van der Waals surface area contributed by atoms with E-state index >= 15 is 0 Å². The van der Waals surface area contributed by atoms with E-state index in [2.05, 4.69) is 240 Å². The van der Waals surface area contributed by atoms with Gasteiger partial charge in [0.05, 0.1) is 22.4 Å². The summed E-state index contributed by atoms with van der Waals surface area (Å²) in [5, 5.41) is 2.41. The molecule has 0 fully saturated rings. The molecule has 2 nitrogen and oxygen atoms in total. The van der Waals surface area contributed by atoms with Crippen molar-refractivity contribution < 1.29 is 0 Å². The minimum Gasteiger partial charge on any atom is -0.309 e. The third kappa shape index (κ3) is 5.85. The molecule has 10 aromatic rings. The van der Waals surface area contributed by atoms with Crippen molar-refractivity contribution in [1.82, 2.24) is 4.57 Å². The number of anilines is 3. The summed E-state index contributed by atoms with van der Waals surface area (Å²) in [6.07, 6.45) is 0. The van der Waals surface area contributed by atoms with Gasteiger partial charge in [0.25, 0.3) is 0 Å². The van der Waals surface area contributed by atoms with E-state index in [0.29, 0.717) is 0 Å². The van der Waals surface area contributed by atoms with Gasteiger partial charge in [-0.3, -0.25) is 0 Å². The van der Waals surface area contributed by atoms with Crippen molar-refractivity contribution in [2.45, 2.75) is 0 Å². The number of rotatable bonds is 8. The number of hydrogen-bond donors (Lipinski definition) is 0. The van der Waals surface area contributed by atoms with E-state index < -0.39 is 0 Å². The van der Waals surface area contributed by atoms with Crippen LogP contribution in [0.5, 0.6) is 0 Å². The molecule has 0 aliphatic heterocycles. The molecule has 0 amide bonds. The topological polar surface area (TPSA) is 8.17 Å². The monoisotopic (exact) mass is 714 g/mol. The van der Waals surface area contributed by atoms with Crippen LogP contribution in [-0.4, -0.2) is 4.57 Å². The largest absolute Gasteiger partial charge is 0.309 e. The number of benzene rings is 9. The molecule has 0 saturated carbocycles. The van der Waals surface area contributed by atoms with Crippen molar-refractivity contribution in [3.63, 3.8) is 0 Å². The molecular weight excluding hydrogens is 677 g/mol. The molecule has 10 rings (SSSR count). The third-order valence-corrected chi connectivity index (χ3v) is 10.8. The molecule has 0 radical (unpaired) electrons. The summed E-state index contributed by atoms with van der Waals surface area (Å²) in [5.41, 5.74) is 16.4. The number of hydrogen-bond acceptors (Lipinski definition) is 1. The molecule has 0 N–H and O–H groups in total. The highest BCUT2D eigenvalue weighted by atomic mass is 15.1. The van der Waals surface area contributed by atoms with E-state index in [-0.39, 0.29) is 0 Å². The molecule has 0 bridgehead atoms. The van der Waals surface area contributed by atoms with Crippen LogP contribution in [0.25, 0.3) is 72.0 Å². The van der Waals surface area contributed by atoms with Crippen LogP contribution in [0.4, 0.5) is 17.1 Å². The van der Waals surface area contributed by atoms with Crippen molar-refractivity contribution in [2.24, 2.45) is 0 Å². The fraction of sp³-hybridized carbons (Fsp3) is 0. The fourth-order valence-corrected chi connectivity index (χ4v) is 8.35. The average Bonchev–Trinajstić information content (AvgIpc) is 3.63. The number of aromatic nitrogens is 1. The SMILES string of the molecule is c1ccc(-c2ccccc2-c2cccc(-n3c4ccccc4c4c(N(c5ccccc5)c5ccccc5-c5ccccc5-c5ccccc5)cccc43)c2)cc1. The molecule has 2 heteroatoms. The summed E-state index contributed by atoms with van der Waals surface area (Å²) in [7, 11) is 0. The van der Waals surface area contributed by atoms with Gasteiger partial charge in [0.2, 0.25) is 0 Å². The van der Waals surface area contributed by atoms with Gasteiger partial charge in [-0.1, -0.05) is 182 Å². The van der Waals surface area contributed by atoms with Gasteiger partial charge in [-0.15, -0.1) is 0 Å². The van der Waals surface area contributed by atoms with E-state index in [1.54, 1.807) is 0 Å². The number of nitrogens with zero attached hydrogens (tertiary/aromatic N) is 2. The Balaban J connectivity index is 1.20. The Labute approximate surface area is 327 Å². The molecule has 0 atom stereocenters. The van der Waals surface area contributed by atoms with Crippen LogP contribution in [0.3, 0.4) is 0 Å². The summed E-state index contributed by atoms with van der Waals surface area (Å²) >= 11 is 0. The molecule has 0 saturated heterocycles. The summed E-state index contributed by atoms with van der Waals surface area (Å²) in [6, 6.07) is 83.0. The predicted octanol–water partition coefficient (Wildman–Crippen LogP) is 14.9. The first-order valence-corrected chi connectivity index (χ1v) is 19.2. The third-order valence-electron chi connectivity index (χ3n) is 10.8. The van der Waals surface area contributed by atoms with Crippen LogP contribution in [0.1, 0.15) is 0 Å².